The molecule has 1 N–H and O–H groups in total. The van der Waals surface area contributed by atoms with Crippen LogP contribution >= 0.6 is 0 Å². The fourth-order valence-corrected chi connectivity index (χ4v) is 4.15. The number of rotatable bonds is 3. The summed E-state index contributed by atoms with van der Waals surface area (Å²) in [6, 6.07) is 8.29. The van der Waals surface area contributed by atoms with E-state index < -0.39 is 0 Å². The molecule has 1 aliphatic heterocycles. The lowest BCUT2D eigenvalue weighted by Crippen LogP contribution is -2.36. The third-order valence-electron chi connectivity index (χ3n) is 5.55. The number of ether oxygens (including phenoxy) is 1. The van der Waals surface area contributed by atoms with Crippen molar-refractivity contribution >= 4 is 5.95 Å². The molecule has 5 nitrogen and oxygen atoms in total. The van der Waals surface area contributed by atoms with Crippen LogP contribution in [0.15, 0.2) is 29.1 Å². The fraction of sp³-hybridized carbons (Fsp3) is 0.500. The number of nitrogens with one attached hydrogen (secondary N) is 1. The van der Waals surface area contributed by atoms with Crippen molar-refractivity contribution in [3.63, 3.8) is 0 Å². The number of para-hydroxylation sites is 1. The Bertz CT molecular complexity index is 807. The van der Waals surface area contributed by atoms with Crippen LogP contribution in [0.1, 0.15) is 48.4 Å². The van der Waals surface area contributed by atoms with Gasteiger partial charge in [-0.1, -0.05) is 18.2 Å². The van der Waals surface area contributed by atoms with E-state index in [0.29, 0.717) is 5.92 Å². The second kappa shape index (κ2) is 6.90. The quantitative estimate of drug-likeness (QED) is 0.934. The normalized spacial score (nSPS) is 18.0. The van der Waals surface area contributed by atoms with Gasteiger partial charge in [0.1, 0.15) is 5.75 Å². The molecule has 0 bridgehead atoms. The Morgan fingerprint density at radius 1 is 1.16 bits per heavy atom. The highest BCUT2D eigenvalue weighted by atomic mass is 16.5. The van der Waals surface area contributed by atoms with Crippen molar-refractivity contribution in [3.8, 4) is 5.75 Å². The van der Waals surface area contributed by atoms with Crippen molar-refractivity contribution in [1.82, 2.24) is 9.97 Å². The molecule has 132 valence electrons. The topological polar surface area (TPSA) is 58.2 Å². The van der Waals surface area contributed by atoms with Gasteiger partial charge in [0.2, 0.25) is 5.95 Å². The Labute approximate surface area is 148 Å². The molecular weight excluding hydrogens is 314 g/mol. The van der Waals surface area contributed by atoms with Crippen LogP contribution in [0, 0.1) is 0 Å². The zero-order valence-corrected chi connectivity index (χ0v) is 14.8. The van der Waals surface area contributed by atoms with E-state index in [1.807, 2.05) is 12.1 Å². The second-order valence-corrected chi connectivity index (χ2v) is 7.03. The first kappa shape index (κ1) is 16.2. The van der Waals surface area contributed by atoms with Crippen molar-refractivity contribution in [2.75, 3.05) is 25.1 Å². The molecule has 0 saturated carbocycles. The largest absolute Gasteiger partial charge is 0.496 e. The molecule has 5 heteroatoms. The van der Waals surface area contributed by atoms with Gasteiger partial charge in [-0.2, -0.15) is 0 Å². The molecule has 1 aliphatic carbocycles. The Balaban J connectivity index is 1.51. The van der Waals surface area contributed by atoms with Gasteiger partial charge in [-0.3, -0.25) is 9.78 Å². The lowest BCUT2D eigenvalue weighted by Gasteiger charge is -2.33. The smallest absolute Gasteiger partial charge is 0.255 e. The Hall–Kier alpha value is -2.30. The van der Waals surface area contributed by atoms with E-state index in [9.17, 15) is 4.79 Å². The molecule has 0 amide bonds. The molecule has 1 aromatic heterocycles. The number of H-pyrrole nitrogens is 1. The number of methoxy groups -OCH3 is 1. The summed E-state index contributed by atoms with van der Waals surface area (Å²) in [4.78, 5) is 22.4. The van der Waals surface area contributed by atoms with Crippen LogP contribution in [-0.2, 0) is 12.8 Å². The molecule has 2 heterocycles. The third kappa shape index (κ3) is 3.15. The molecule has 0 radical (unpaired) electrons. The monoisotopic (exact) mass is 339 g/mol. The maximum Gasteiger partial charge on any atom is 0.255 e. The molecule has 2 aromatic rings. The van der Waals surface area contributed by atoms with Gasteiger partial charge in [-0.25, -0.2) is 4.98 Å². The maximum absolute atomic E-state index is 12.4. The predicted molar refractivity (Wildman–Crippen MR) is 98.7 cm³/mol. The number of piperidine rings is 1. The Morgan fingerprint density at radius 3 is 2.72 bits per heavy atom. The van der Waals surface area contributed by atoms with Gasteiger partial charge in [0.05, 0.1) is 12.8 Å². The maximum atomic E-state index is 12.4. The zero-order valence-electron chi connectivity index (χ0n) is 14.8. The van der Waals surface area contributed by atoms with Crippen molar-refractivity contribution in [2.24, 2.45) is 0 Å². The molecule has 1 aromatic carbocycles. The summed E-state index contributed by atoms with van der Waals surface area (Å²) in [5.41, 5.74) is 3.26. The highest BCUT2D eigenvalue weighted by molar-refractivity contribution is 5.39. The van der Waals surface area contributed by atoms with Crippen LogP contribution < -0.4 is 15.2 Å². The van der Waals surface area contributed by atoms with Gasteiger partial charge in [-0.05, 0) is 56.1 Å². The molecule has 1 saturated heterocycles. The highest BCUT2D eigenvalue weighted by Crippen LogP contribution is 2.34. The van der Waals surface area contributed by atoms with E-state index in [1.54, 1.807) is 7.11 Å². The van der Waals surface area contributed by atoms with E-state index in [0.717, 1.165) is 74.6 Å². The predicted octanol–water partition coefficient (Wildman–Crippen LogP) is 3.04. The minimum Gasteiger partial charge on any atom is -0.496 e. The van der Waals surface area contributed by atoms with Crippen molar-refractivity contribution < 1.29 is 4.74 Å². The zero-order chi connectivity index (χ0) is 17.2. The summed E-state index contributed by atoms with van der Waals surface area (Å²) in [5, 5.41) is 0. The Kier molecular flexibility index (Phi) is 4.47. The van der Waals surface area contributed by atoms with Crippen LogP contribution in [0.2, 0.25) is 0 Å². The van der Waals surface area contributed by atoms with Crippen LogP contribution in [0.25, 0.3) is 0 Å². The number of hydrogen-bond acceptors (Lipinski definition) is 4. The lowest BCUT2D eigenvalue weighted by molar-refractivity contribution is 0.397. The third-order valence-corrected chi connectivity index (χ3v) is 5.55. The van der Waals surface area contributed by atoms with Crippen LogP contribution in [-0.4, -0.2) is 30.2 Å². The number of anilines is 1. The number of benzene rings is 1. The fourth-order valence-electron chi connectivity index (χ4n) is 4.15. The van der Waals surface area contributed by atoms with Crippen molar-refractivity contribution in [3.05, 3.63) is 51.4 Å². The lowest BCUT2D eigenvalue weighted by atomic mass is 9.89. The van der Waals surface area contributed by atoms with Crippen molar-refractivity contribution in [2.45, 2.75) is 44.4 Å². The van der Waals surface area contributed by atoms with E-state index in [-0.39, 0.29) is 5.56 Å². The second-order valence-electron chi connectivity index (χ2n) is 7.03. The van der Waals surface area contributed by atoms with E-state index >= 15 is 0 Å². The Morgan fingerprint density at radius 2 is 1.92 bits per heavy atom. The highest BCUT2D eigenvalue weighted by Gasteiger charge is 2.25. The minimum atomic E-state index is 0.0616. The van der Waals surface area contributed by atoms with Crippen molar-refractivity contribution in [1.29, 1.82) is 0 Å². The van der Waals surface area contributed by atoms with E-state index in [2.05, 4.69) is 22.0 Å². The number of hydrogen-bond donors (Lipinski definition) is 1. The van der Waals surface area contributed by atoms with Gasteiger partial charge in [0, 0.05) is 18.7 Å². The number of nitrogens with zero attached hydrogens (tertiary/aromatic N) is 2. The summed E-state index contributed by atoms with van der Waals surface area (Å²) in [6.45, 7) is 1.81. The number of aromatic nitrogens is 2. The molecule has 25 heavy (non-hydrogen) atoms. The molecule has 1 fully saturated rings. The molecule has 4 rings (SSSR count). The summed E-state index contributed by atoms with van der Waals surface area (Å²) >= 11 is 0. The molecule has 2 aliphatic rings. The summed E-state index contributed by atoms with van der Waals surface area (Å²) in [5.74, 6) is 2.22. The van der Waals surface area contributed by atoms with Gasteiger partial charge in [0.25, 0.3) is 5.56 Å². The first-order chi connectivity index (χ1) is 12.3. The molecular formula is C20H25N3O2. The van der Waals surface area contributed by atoms with Crippen LogP contribution in [0.5, 0.6) is 5.75 Å². The minimum absolute atomic E-state index is 0.0616. The summed E-state index contributed by atoms with van der Waals surface area (Å²) in [6.07, 6.45) is 6.13. The van der Waals surface area contributed by atoms with Gasteiger partial charge >= 0.3 is 0 Å². The first-order valence-corrected chi connectivity index (χ1v) is 9.26. The molecule has 0 atom stereocenters. The summed E-state index contributed by atoms with van der Waals surface area (Å²) in [7, 11) is 1.73. The number of aryl methyl sites for hydroxylation is 1. The molecule has 0 unspecified atom stereocenters. The standard InChI is InChI=1S/C20H25N3O2/c1-25-18-9-5-3-6-15(18)14-10-12-23(13-11-14)20-21-17-8-4-2-7-16(17)19(24)22-20/h3,5-6,9,14H,2,4,7-8,10-13H2,1H3,(H,21,22,24). The summed E-state index contributed by atoms with van der Waals surface area (Å²) < 4.78 is 5.51. The van der Waals surface area contributed by atoms with E-state index in [1.165, 1.54) is 5.56 Å². The van der Waals surface area contributed by atoms with Gasteiger partial charge in [-0.15, -0.1) is 0 Å². The SMILES string of the molecule is COc1ccccc1C1CCN(c2nc3c(c(=O)[nH]2)CCCC3)CC1. The number of aromatic amines is 1. The first-order valence-electron chi connectivity index (χ1n) is 9.26. The van der Waals surface area contributed by atoms with Crippen LogP contribution in [0.4, 0.5) is 5.95 Å². The average Bonchev–Trinajstić information content (AvgIpc) is 2.68. The number of fused-ring (bicyclic) bond motifs is 1. The van der Waals surface area contributed by atoms with E-state index in [4.69, 9.17) is 9.72 Å². The van der Waals surface area contributed by atoms with Gasteiger partial charge in [0.15, 0.2) is 0 Å². The van der Waals surface area contributed by atoms with Crippen LogP contribution in [0.3, 0.4) is 0 Å². The molecule has 0 spiro atoms. The van der Waals surface area contributed by atoms with Gasteiger partial charge < -0.3 is 9.64 Å². The average molecular weight is 339 g/mol.